The first-order chi connectivity index (χ1) is 11.9. The Morgan fingerprint density at radius 1 is 1.29 bits per heavy atom. The van der Waals surface area contributed by atoms with Crippen LogP contribution in [0.4, 0.5) is 0 Å². The van der Waals surface area contributed by atoms with Crippen molar-refractivity contribution in [2.24, 2.45) is 5.92 Å². The van der Waals surface area contributed by atoms with Gasteiger partial charge in [0.2, 0.25) is 0 Å². The predicted octanol–water partition coefficient (Wildman–Crippen LogP) is 2.13. The molecule has 0 saturated carbocycles. The maximum Gasteiger partial charge on any atom is 0.0958 e. The monoisotopic (exact) mass is 328 g/mol. The van der Waals surface area contributed by atoms with Crippen molar-refractivity contribution in [1.82, 2.24) is 19.8 Å². The van der Waals surface area contributed by atoms with Crippen molar-refractivity contribution in [1.29, 1.82) is 0 Å². The molecule has 2 aromatic rings. The van der Waals surface area contributed by atoms with Gasteiger partial charge in [-0.05, 0) is 43.9 Å². The van der Waals surface area contributed by atoms with E-state index in [-0.39, 0.29) is 0 Å². The van der Waals surface area contributed by atoms with Crippen LogP contribution < -0.4 is 5.32 Å². The number of para-hydroxylation sites is 2. The van der Waals surface area contributed by atoms with Crippen LogP contribution in [0, 0.1) is 5.92 Å². The number of hydrogen-bond acceptors (Lipinski definition) is 4. The lowest BCUT2D eigenvalue weighted by molar-refractivity contribution is 0.0143. The molecular weight excluding hydrogens is 300 g/mol. The normalized spacial score (nSPS) is 26.0. The van der Waals surface area contributed by atoms with Crippen LogP contribution in [0.3, 0.4) is 0 Å². The van der Waals surface area contributed by atoms with Crippen LogP contribution in [-0.2, 0) is 11.3 Å². The summed E-state index contributed by atoms with van der Waals surface area (Å²) in [6.45, 7) is 7.56. The fourth-order valence-corrected chi connectivity index (χ4v) is 4.07. The zero-order chi connectivity index (χ0) is 16.2. The number of piperidine rings is 1. The van der Waals surface area contributed by atoms with Gasteiger partial charge >= 0.3 is 0 Å². The molecule has 2 aliphatic heterocycles. The van der Waals surface area contributed by atoms with Crippen LogP contribution in [0.25, 0.3) is 11.0 Å². The van der Waals surface area contributed by atoms with E-state index < -0.39 is 0 Å². The van der Waals surface area contributed by atoms with E-state index in [2.05, 4.69) is 44.0 Å². The third kappa shape index (κ3) is 3.79. The zero-order valence-corrected chi connectivity index (χ0v) is 14.4. The highest BCUT2D eigenvalue weighted by atomic mass is 16.5. The Balaban J connectivity index is 1.31. The molecule has 2 saturated heterocycles. The molecule has 24 heavy (non-hydrogen) atoms. The zero-order valence-electron chi connectivity index (χ0n) is 14.4. The van der Waals surface area contributed by atoms with E-state index in [9.17, 15) is 0 Å². The number of ether oxygens (including phenoxy) is 1. The third-order valence-electron chi connectivity index (χ3n) is 5.36. The molecule has 0 amide bonds. The van der Waals surface area contributed by atoms with Gasteiger partial charge in [-0.25, -0.2) is 4.98 Å². The molecule has 130 valence electrons. The van der Waals surface area contributed by atoms with Crippen molar-refractivity contribution in [3.63, 3.8) is 0 Å². The lowest BCUT2D eigenvalue weighted by Crippen LogP contribution is -2.42. The Morgan fingerprint density at radius 3 is 3.17 bits per heavy atom. The summed E-state index contributed by atoms with van der Waals surface area (Å²) in [5.41, 5.74) is 2.36. The van der Waals surface area contributed by atoms with Crippen molar-refractivity contribution >= 4 is 11.0 Å². The molecule has 2 atom stereocenters. The number of morpholine rings is 1. The molecule has 3 heterocycles. The van der Waals surface area contributed by atoms with Crippen LogP contribution in [0.2, 0.25) is 0 Å². The molecule has 0 spiro atoms. The molecule has 4 rings (SSSR count). The van der Waals surface area contributed by atoms with E-state index in [1.54, 1.807) is 0 Å². The summed E-state index contributed by atoms with van der Waals surface area (Å²) >= 11 is 0. The van der Waals surface area contributed by atoms with Crippen molar-refractivity contribution in [3.8, 4) is 0 Å². The number of imidazole rings is 1. The van der Waals surface area contributed by atoms with Gasteiger partial charge in [0.05, 0.1) is 30.1 Å². The van der Waals surface area contributed by atoms with Gasteiger partial charge in [-0.3, -0.25) is 0 Å². The van der Waals surface area contributed by atoms with Crippen LogP contribution in [0.5, 0.6) is 0 Å². The second-order valence-electron chi connectivity index (χ2n) is 7.18. The summed E-state index contributed by atoms with van der Waals surface area (Å²) in [4.78, 5) is 7.16. The van der Waals surface area contributed by atoms with Crippen LogP contribution in [0.1, 0.15) is 19.3 Å². The maximum absolute atomic E-state index is 5.83. The number of fused-ring (bicyclic) bond motifs is 1. The minimum Gasteiger partial charge on any atom is -0.376 e. The van der Waals surface area contributed by atoms with Gasteiger partial charge in [0.25, 0.3) is 0 Å². The predicted molar refractivity (Wildman–Crippen MR) is 96.1 cm³/mol. The Kier molecular flexibility index (Phi) is 5.11. The Labute approximate surface area is 144 Å². The summed E-state index contributed by atoms with van der Waals surface area (Å²) in [5, 5.41) is 3.42. The number of nitrogens with zero attached hydrogens (tertiary/aromatic N) is 3. The number of aromatic nitrogens is 2. The van der Waals surface area contributed by atoms with E-state index in [1.165, 1.54) is 31.4 Å². The molecule has 1 aromatic heterocycles. The van der Waals surface area contributed by atoms with Crippen molar-refractivity contribution in [3.05, 3.63) is 30.6 Å². The van der Waals surface area contributed by atoms with E-state index in [1.807, 2.05) is 6.33 Å². The summed E-state index contributed by atoms with van der Waals surface area (Å²) < 4.78 is 8.16. The van der Waals surface area contributed by atoms with Crippen molar-refractivity contribution < 1.29 is 4.74 Å². The Morgan fingerprint density at radius 2 is 2.25 bits per heavy atom. The number of rotatable bonds is 5. The molecule has 0 aliphatic carbocycles. The standard InChI is InChI=1S/C19H28N4O/c1-2-6-19-18(5-1)21-15-23(19)14-16-4-3-9-22(13-16)10-7-17-12-20-8-11-24-17/h1-2,5-6,15-17,20H,3-4,7-14H2. The Bertz CT molecular complexity index is 650. The highest BCUT2D eigenvalue weighted by Gasteiger charge is 2.22. The van der Waals surface area contributed by atoms with E-state index in [4.69, 9.17) is 4.74 Å². The first-order valence-electron chi connectivity index (χ1n) is 9.33. The minimum atomic E-state index is 0.400. The SMILES string of the molecule is c1ccc2c(c1)ncn2CC1CCCN(CCC2CNCCO2)C1. The fourth-order valence-electron chi connectivity index (χ4n) is 4.07. The molecule has 2 aliphatic rings. The van der Waals surface area contributed by atoms with Gasteiger partial charge in [-0.2, -0.15) is 0 Å². The summed E-state index contributed by atoms with van der Waals surface area (Å²) in [6.07, 6.45) is 6.18. The first kappa shape index (κ1) is 16.1. The summed E-state index contributed by atoms with van der Waals surface area (Å²) in [7, 11) is 0. The van der Waals surface area contributed by atoms with Gasteiger partial charge in [0, 0.05) is 32.7 Å². The van der Waals surface area contributed by atoms with Crippen LogP contribution in [-0.4, -0.2) is 59.9 Å². The molecule has 1 aromatic carbocycles. The average molecular weight is 328 g/mol. The van der Waals surface area contributed by atoms with Gasteiger partial charge in [-0.15, -0.1) is 0 Å². The highest BCUT2D eigenvalue weighted by Crippen LogP contribution is 2.21. The average Bonchev–Trinajstić information content (AvgIpc) is 3.04. The molecular formula is C19H28N4O. The molecule has 0 radical (unpaired) electrons. The van der Waals surface area contributed by atoms with Crippen LogP contribution in [0.15, 0.2) is 30.6 Å². The van der Waals surface area contributed by atoms with Gasteiger partial charge < -0.3 is 19.5 Å². The van der Waals surface area contributed by atoms with Gasteiger partial charge in [0.15, 0.2) is 0 Å². The van der Waals surface area contributed by atoms with Crippen LogP contribution >= 0.6 is 0 Å². The maximum atomic E-state index is 5.83. The quantitative estimate of drug-likeness (QED) is 0.913. The van der Waals surface area contributed by atoms with Gasteiger partial charge in [-0.1, -0.05) is 12.1 Å². The third-order valence-corrected chi connectivity index (χ3v) is 5.36. The van der Waals surface area contributed by atoms with Crippen molar-refractivity contribution in [2.75, 3.05) is 39.3 Å². The summed E-state index contributed by atoms with van der Waals surface area (Å²) in [6, 6.07) is 8.43. The number of benzene rings is 1. The lowest BCUT2D eigenvalue weighted by Gasteiger charge is -2.34. The molecule has 5 heteroatoms. The number of nitrogens with one attached hydrogen (secondary N) is 1. The molecule has 2 fully saturated rings. The second kappa shape index (κ2) is 7.64. The largest absolute Gasteiger partial charge is 0.376 e. The fraction of sp³-hybridized carbons (Fsp3) is 0.632. The van der Waals surface area contributed by atoms with Gasteiger partial charge in [0.1, 0.15) is 0 Å². The lowest BCUT2D eigenvalue weighted by atomic mass is 9.97. The molecule has 2 unspecified atom stereocenters. The number of hydrogen-bond donors (Lipinski definition) is 1. The minimum absolute atomic E-state index is 0.400. The molecule has 0 bridgehead atoms. The highest BCUT2D eigenvalue weighted by molar-refractivity contribution is 5.74. The molecule has 5 nitrogen and oxygen atoms in total. The smallest absolute Gasteiger partial charge is 0.0958 e. The van der Waals surface area contributed by atoms with E-state index >= 15 is 0 Å². The van der Waals surface area contributed by atoms with E-state index in [0.717, 1.165) is 50.6 Å². The van der Waals surface area contributed by atoms with E-state index in [0.29, 0.717) is 6.10 Å². The molecule has 1 N–H and O–H groups in total. The Hall–Kier alpha value is -1.43. The first-order valence-corrected chi connectivity index (χ1v) is 9.33. The summed E-state index contributed by atoms with van der Waals surface area (Å²) in [5.74, 6) is 0.724. The topological polar surface area (TPSA) is 42.3 Å². The van der Waals surface area contributed by atoms with Crippen molar-refractivity contribution in [2.45, 2.75) is 31.9 Å². The number of likely N-dealkylation sites (tertiary alicyclic amines) is 1. The second-order valence-corrected chi connectivity index (χ2v) is 7.18.